The van der Waals surface area contributed by atoms with E-state index in [4.69, 9.17) is 0 Å². The normalized spacial score (nSPS) is 16.2. The number of urea groups is 1. The molecule has 2 aliphatic heterocycles. The summed E-state index contributed by atoms with van der Waals surface area (Å²) in [6, 6.07) is 18.9. The number of hydrogen-bond acceptors (Lipinski definition) is 4. The van der Waals surface area contributed by atoms with Gasteiger partial charge in [0.2, 0.25) is 0 Å². The third-order valence-electron chi connectivity index (χ3n) is 5.02. The van der Waals surface area contributed by atoms with Crippen LogP contribution in [0.3, 0.4) is 0 Å². The minimum atomic E-state index is -3.75. The monoisotopic (exact) mass is 439 g/mol. The van der Waals surface area contributed by atoms with Gasteiger partial charge in [0.15, 0.2) is 11.5 Å². The largest absolute Gasteiger partial charge is 0.586 e. The number of anilines is 1. The number of carbonyl (C=O) groups excluding carboxylic acids is 1. The SMILES string of the molecule is O=C(Nc1ccc2c(c1)OC(F)(F)O2)N1CC(c2ccccc2F)=C(c2ccccc2)N1. The highest BCUT2D eigenvalue weighted by atomic mass is 19.3. The van der Waals surface area contributed by atoms with Crippen LogP contribution in [-0.2, 0) is 0 Å². The lowest BCUT2D eigenvalue weighted by molar-refractivity contribution is -0.286. The molecule has 0 radical (unpaired) electrons. The summed E-state index contributed by atoms with van der Waals surface area (Å²) in [7, 11) is 0. The molecule has 2 N–H and O–H groups in total. The molecule has 0 bridgehead atoms. The van der Waals surface area contributed by atoms with Crippen molar-refractivity contribution in [3.8, 4) is 11.5 Å². The number of hydrogen-bond donors (Lipinski definition) is 2. The minimum Gasteiger partial charge on any atom is -0.395 e. The van der Waals surface area contributed by atoms with E-state index in [0.717, 1.165) is 5.56 Å². The van der Waals surface area contributed by atoms with Gasteiger partial charge in [0.25, 0.3) is 0 Å². The molecule has 2 aliphatic rings. The first-order chi connectivity index (χ1) is 15.4. The molecule has 2 heterocycles. The number of halogens is 3. The van der Waals surface area contributed by atoms with Gasteiger partial charge in [-0.2, -0.15) is 0 Å². The van der Waals surface area contributed by atoms with Crippen LogP contribution in [0, 0.1) is 5.82 Å². The van der Waals surface area contributed by atoms with Crippen molar-refractivity contribution in [2.24, 2.45) is 0 Å². The average Bonchev–Trinajstić information content (AvgIpc) is 3.34. The van der Waals surface area contributed by atoms with Crippen LogP contribution in [0.1, 0.15) is 11.1 Å². The molecule has 3 aromatic rings. The number of fused-ring (bicyclic) bond motifs is 1. The highest BCUT2D eigenvalue weighted by Crippen LogP contribution is 2.42. The van der Waals surface area contributed by atoms with Crippen molar-refractivity contribution in [2.75, 3.05) is 11.9 Å². The third kappa shape index (κ3) is 3.68. The molecule has 0 fully saturated rings. The molecule has 2 amide bonds. The Labute approximate surface area is 180 Å². The van der Waals surface area contributed by atoms with E-state index in [9.17, 15) is 18.0 Å². The van der Waals surface area contributed by atoms with E-state index < -0.39 is 18.1 Å². The molecule has 0 saturated carbocycles. The molecule has 32 heavy (non-hydrogen) atoms. The van der Waals surface area contributed by atoms with Crippen LogP contribution in [0.4, 0.5) is 23.7 Å². The molecule has 0 aromatic heterocycles. The lowest BCUT2D eigenvalue weighted by Gasteiger charge is -2.19. The van der Waals surface area contributed by atoms with Crippen molar-refractivity contribution in [1.29, 1.82) is 0 Å². The summed E-state index contributed by atoms with van der Waals surface area (Å²) in [6.45, 7) is 0.0830. The van der Waals surface area contributed by atoms with Gasteiger partial charge >= 0.3 is 12.3 Å². The summed E-state index contributed by atoms with van der Waals surface area (Å²) < 4.78 is 49.8. The topological polar surface area (TPSA) is 62.8 Å². The lowest BCUT2D eigenvalue weighted by Crippen LogP contribution is -2.40. The fraction of sp³-hybridized carbons (Fsp3) is 0.0870. The van der Waals surface area contributed by atoms with Gasteiger partial charge in [0.1, 0.15) is 5.82 Å². The van der Waals surface area contributed by atoms with Crippen molar-refractivity contribution in [1.82, 2.24) is 10.4 Å². The van der Waals surface area contributed by atoms with Gasteiger partial charge in [-0.25, -0.2) is 14.2 Å². The molecule has 5 rings (SSSR count). The number of nitrogens with zero attached hydrogens (tertiary/aromatic N) is 1. The number of ether oxygens (including phenoxy) is 2. The van der Waals surface area contributed by atoms with Crippen molar-refractivity contribution >= 4 is 23.0 Å². The zero-order chi connectivity index (χ0) is 22.3. The fourth-order valence-corrected chi connectivity index (χ4v) is 3.59. The predicted octanol–water partition coefficient (Wildman–Crippen LogP) is 5.07. The summed E-state index contributed by atoms with van der Waals surface area (Å²) in [4.78, 5) is 12.9. The van der Waals surface area contributed by atoms with E-state index in [1.807, 2.05) is 30.3 Å². The maximum Gasteiger partial charge on any atom is 0.586 e. The summed E-state index contributed by atoms with van der Waals surface area (Å²) in [6.07, 6.45) is -3.75. The molecule has 6 nitrogen and oxygen atoms in total. The lowest BCUT2D eigenvalue weighted by atomic mass is 10.0. The Hall–Kier alpha value is -4.14. The predicted molar refractivity (Wildman–Crippen MR) is 111 cm³/mol. The molecular formula is C23H16F3N3O3. The van der Waals surface area contributed by atoms with E-state index in [0.29, 0.717) is 16.8 Å². The number of hydrazine groups is 1. The Morgan fingerprint density at radius 2 is 1.69 bits per heavy atom. The standard InChI is InChI=1S/C23H16F3N3O3/c24-18-9-5-4-8-16(18)17-13-29(28-21(17)14-6-2-1-3-7-14)22(30)27-15-10-11-19-20(12-15)32-23(25,26)31-19/h1-12,28H,13H2,(H,27,30). The Morgan fingerprint density at radius 3 is 2.47 bits per heavy atom. The van der Waals surface area contributed by atoms with Crippen molar-refractivity contribution in [2.45, 2.75) is 6.29 Å². The third-order valence-corrected chi connectivity index (χ3v) is 5.02. The van der Waals surface area contributed by atoms with Crippen LogP contribution in [0.25, 0.3) is 11.3 Å². The van der Waals surface area contributed by atoms with E-state index in [1.165, 1.54) is 29.3 Å². The highest BCUT2D eigenvalue weighted by molar-refractivity contribution is 5.98. The first-order valence-corrected chi connectivity index (χ1v) is 9.68. The molecule has 162 valence electrons. The fourth-order valence-electron chi connectivity index (χ4n) is 3.59. The highest BCUT2D eigenvalue weighted by Gasteiger charge is 2.43. The number of carbonyl (C=O) groups is 1. The van der Waals surface area contributed by atoms with Gasteiger partial charge in [0, 0.05) is 22.9 Å². The van der Waals surface area contributed by atoms with Gasteiger partial charge in [-0.05, 0) is 23.8 Å². The van der Waals surface area contributed by atoms with Crippen LogP contribution in [-0.4, -0.2) is 23.9 Å². The van der Waals surface area contributed by atoms with Crippen LogP contribution in [0.2, 0.25) is 0 Å². The van der Waals surface area contributed by atoms with Crippen molar-refractivity contribution < 1.29 is 27.4 Å². The Morgan fingerprint density at radius 1 is 0.969 bits per heavy atom. The van der Waals surface area contributed by atoms with Crippen molar-refractivity contribution in [3.63, 3.8) is 0 Å². The van der Waals surface area contributed by atoms with Gasteiger partial charge in [-0.3, -0.25) is 5.43 Å². The van der Waals surface area contributed by atoms with Crippen molar-refractivity contribution in [3.05, 3.63) is 89.7 Å². The Bertz CT molecular complexity index is 1230. The summed E-state index contributed by atoms with van der Waals surface area (Å²) >= 11 is 0. The van der Waals surface area contributed by atoms with Gasteiger partial charge in [0.05, 0.1) is 12.2 Å². The summed E-state index contributed by atoms with van der Waals surface area (Å²) in [5.74, 6) is -0.712. The van der Waals surface area contributed by atoms with Crippen LogP contribution in [0.5, 0.6) is 11.5 Å². The zero-order valence-corrected chi connectivity index (χ0v) is 16.4. The van der Waals surface area contributed by atoms with Gasteiger partial charge < -0.3 is 14.8 Å². The summed E-state index contributed by atoms with van der Waals surface area (Å²) in [5, 5.41) is 3.90. The Kier molecular flexibility index (Phi) is 4.66. The van der Waals surface area contributed by atoms with Crippen LogP contribution in [0.15, 0.2) is 72.8 Å². The Balaban J connectivity index is 1.39. The minimum absolute atomic E-state index is 0.0830. The maximum absolute atomic E-state index is 14.5. The molecular weight excluding hydrogens is 423 g/mol. The maximum atomic E-state index is 14.5. The van der Waals surface area contributed by atoms with Gasteiger partial charge in [-0.15, -0.1) is 8.78 Å². The quantitative estimate of drug-likeness (QED) is 0.598. The van der Waals surface area contributed by atoms with E-state index in [-0.39, 0.29) is 23.7 Å². The number of nitrogens with one attached hydrogen (secondary N) is 2. The smallest absolute Gasteiger partial charge is 0.395 e. The molecule has 0 aliphatic carbocycles. The first-order valence-electron chi connectivity index (χ1n) is 9.68. The molecule has 0 unspecified atom stereocenters. The molecule has 3 aromatic carbocycles. The molecule has 0 atom stereocenters. The second kappa shape index (κ2) is 7.52. The average molecular weight is 439 g/mol. The summed E-state index contributed by atoms with van der Waals surface area (Å²) in [5.41, 5.74) is 5.62. The second-order valence-corrected chi connectivity index (χ2v) is 7.16. The zero-order valence-electron chi connectivity index (χ0n) is 16.4. The molecule has 0 saturated heterocycles. The first kappa shape index (κ1) is 19.8. The molecule has 9 heteroatoms. The number of alkyl halides is 2. The second-order valence-electron chi connectivity index (χ2n) is 7.16. The van der Waals surface area contributed by atoms with Crippen LogP contribution < -0.4 is 20.2 Å². The van der Waals surface area contributed by atoms with E-state index in [1.54, 1.807) is 18.2 Å². The van der Waals surface area contributed by atoms with Gasteiger partial charge in [-0.1, -0.05) is 48.5 Å². The number of amides is 2. The van der Waals surface area contributed by atoms with Crippen LogP contribution >= 0.6 is 0 Å². The molecule has 0 spiro atoms. The number of rotatable bonds is 3. The van der Waals surface area contributed by atoms with E-state index in [2.05, 4.69) is 20.2 Å². The number of benzene rings is 3. The van der Waals surface area contributed by atoms with E-state index >= 15 is 0 Å².